The van der Waals surface area contributed by atoms with Crippen LogP contribution in [0, 0.1) is 6.57 Å². The van der Waals surface area contributed by atoms with Gasteiger partial charge in [-0.2, -0.15) is 0 Å². The fraction of sp³-hybridized carbons (Fsp3) is 0.200. The standard InChI is InChI=1S/C5H5N3/c1-6-4-8-3-2-7-5-8/h2-3,5H,4H2. The van der Waals surface area contributed by atoms with Gasteiger partial charge in [-0.05, 0) is 0 Å². The van der Waals surface area contributed by atoms with Gasteiger partial charge in [-0.1, -0.05) is 0 Å². The lowest BCUT2D eigenvalue weighted by Crippen LogP contribution is -1.86. The predicted octanol–water partition coefficient (Wildman–Crippen LogP) is 0.760. The van der Waals surface area contributed by atoms with Gasteiger partial charge in [0.2, 0.25) is 0 Å². The highest BCUT2D eigenvalue weighted by Gasteiger charge is 1.84. The molecule has 0 saturated heterocycles. The normalized spacial score (nSPS) is 8.38. The van der Waals surface area contributed by atoms with E-state index in [-0.39, 0.29) is 0 Å². The minimum Gasteiger partial charge on any atom is -0.293 e. The Morgan fingerprint density at radius 3 is 3.12 bits per heavy atom. The van der Waals surface area contributed by atoms with Crippen molar-refractivity contribution in [3.8, 4) is 0 Å². The van der Waals surface area contributed by atoms with Crippen molar-refractivity contribution < 1.29 is 0 Å². The van der Waals surface area contributed by atoms with Gasteiger partial charge in [-0.15, -0.1) is 0 Å². The number of rotatable bonds is 1. The van der Waals surface area contributed by atoms with Gasteiger partial charge < -0.3 is 0 Å². The summed E-state index contributed by atoms with van der Waals surface area (Å²) in [6.07, 6.45) is 5.04. The molecule has 0 aliphatic carbocycles. The molecule has 0 radical (unpaired) electrons. The van der Waals surface area contributed by atoms with Gasteiger partial charge in [-0.25, -0.2) is 11.6 Å². The number of aromatic nitrogens is 2. The fourth-order valence-electron chi connectivity index (χ4n) is 0.452. The van der Waals surface area contributed by atoms with Gasteiger partial charge in [0.1, 0.15) is 6.33 Å². The minimum absolute atomic E-state index is 0.375. The Morgan fingerprint density at radius 2 is 2.62 bits per heavy atom. The number of nitrogens with zero attached hydrogens (tertiary/aromatic N) is 3. The van der Waals surface area contributed by atoms with Crippen molar-refractivity contribution in [3.63, 3.8) is 0 Å². The minimum atomic E-state index is 0.375. The first kappa shape index (κ1) is 4.85. The molecule has 0 aliphatic rings. The van der Waals surface area contributed by atoms with Gasteiger partial charge in [-0.3, -0.25) is 9.41 Å². The van der Waals surface area contributed by atoms with E-state index in [2.05, 4.69) is 9.83 Å². The summed E-state index contributed by atoms with van der Waals surface area (Å²) in [7, 11) is 0. The predicted molar refractivity (Wildman–Crippen MR) is 28.8 cm³/mol. The zero-order valence-electron chi connectivity index (χ0n) is 4.28. The summed E-state index contributed by atoms with van der Waals surface area (Å²) in [6, 6.07) is 0. The van der Waals surface area contributed by atoms with Crippen LogP contribution in [0.4, 0.5) is 0 Å². The first-order chi connectivity index (χ1) is 3.93. The molecule has 8 heavy (non-hydrogen) atoms. The molecule has 0 N–H and O–H groups in total. The van der Waals surface area contributed by atoms with E-state index in [1.165, 1.54) is 0 Å². The van der Waals surface area contributed by atoms with E-state index >= 15 is 0 Å². The molecule has 0 spiro atoms. The first-order valence-corrected chi connectivity index (χ1v) is 2.22. The second-order valence-corrected chi connectivity index (χ2v) is 1.38. The molecule has 40 valence electrons. The number of hydrogen-bond donors (Lipinski definition) is 0. The average Bonchev–Trinajstić information content (AvgIpc) is 2.19. The molecule has 0 atom stereocenters. The number of hydrogen-bond acceptors (Lipinski definition) is 1. The van der Waals surface area contributed by atoms with Crippen LogP contribution in [0.3, 0.4) is 0 Å². The summed E-state index contributed by atoms with van der Waals surface area (Å²) in [5.74, 6) is 0. The lowest BCUT2D eigenvalue weighted by atomic mass is 10.9. The molecular weight excluding hydrogens is 102 g/mol. The summed E-state index contributed by atoms with van der Waals surface area (Å²) in [4.78, 5) is 6.91. The number of imidazole rings is 1. The van der Waals surface area contributed by atoms with E-state index in [0.29, 0.717) is 6.67 Å². The van der Waals surface area contributed by atoms with Crippen LogP contribution in [0.2, 0.25) is 0 Å². The molecule has 0 unspecified atom stereocenters. The van der Waals surface area contributed by atoms with E-state index in [0.717, 1.165) is 0 Å². The SMILES string of the molecule is [C-]#[N+]Cn1ccnc1. The van der Waals surface area contributed by atoms with Crippen LogP contribution in [0.5, 0.6) is 0 Å². The van der Waals surface area contributed by atoms with Gasteiger partial charge in [0, 0.05) is 12.4 Å². The van der Waals surface area contributed by atoms with Crippen LogP contribution in [0.1, 0.15) is 0 Å². The molecule has 0 aliphatic heterocycles. The van der Waals surface area contributed by atoms with E-state index in [4.69, 9.17) is 6.57 Å². The second-order valence-electron chi connectivity index (χ2n) is 1.38. The zero-order valence-corrected chi connectivity index (χ0v) is 4.28. The molecule has 1 heterocycles. The quantitative estimate of drug-likeness (QED) is 0.485. The zero-order chi connectivity index (χ0) is 5.82. The summed E-state index contributed by atoms with van der Waals surface area (Å²) in [5.41, 5.74) is 0. The van der Waals surface area contributed by atoms with Gasteiger partial charge >= 0.3 is 0 Å². The molecule has 1 aromatic heterocycles. The third-order valence-electron chi connectivity index (χ3n) is 0.793. The van der Waals surface area contributed by atoms with E-state index in [1.54, 1.807) is 23.3 Å². The smallest absolute Gasteiger partial charge is 0.293 e. The molecule has 1 aromatic rings. The Kier molecular flexibility index (Phi) is 1.29. The Bertz CT molecular complexity index is 182. The third kappa shape index (κ3) is 0.850. The van der Waals surface area contributed by atoms with Crippen molar-refractivity contribution in [2.75, 3.05) is 0 Å². The van der Waals surface area contributed by atoms with Crippen LogP contribution in [0.15, 0.2) is 18.7 Å². The second kappa shape index (κ2) is 2.12. The molecule has 0 saturated carbocycles. The summed E-state index contributed by atoms with van der Waals surface area (Å²) in [5, 5.41) is 0. The Hall–Kier alpha value is -1.30. The van der Waals surface area contributed by atoms with Crippen LogP contribution in [-0.2, 0) is 6.67 Å². The lowest BCUT2D eigenvalue weighted by Gasteiger charge is -1.82. The third-order valence-corrected chi connectivity index (χ3v) is 0.793. The van der Waals surface area contributed by atoms with Crippen molar-refractivity contribution in [3.05, 3.63) is 30.1 Å². The highest BCUT2D eigenvalue weighted by Crippen LogP contribution is 1.83. The molecule has 0 amide bonds. The maximum absolute atomic E-state index is 6.46. The van der Waals surface area contributed by atoms with Gasteiger partial charge in [0.15, 0.2) is 0 Å². The maximum atomic E-state index is 6.46. The van der Waals surface area contributed by atoms with E-state index in [1.807, 2.05) is 0 Å². The van der Waals surface area contributed by atoms with Crippen LogP contribution in [0.25, 0.3) is 4.85 Å². The molecule has 0 fully saturated rings. The highest BCUT2D eigenvalue weighted by molar-refractivity contribution is 4.75. The average molecular weight is 107 g/mol. The van der Waals surface area contributed by atoms with Gasteiger partial charge in [0.25, 0.3) is 6.67 Å². The Labute approximate surface area is 47.4 Å². The molecule has 0 aromatic carbocycles. The molecule has 3 nitrogen and oxygen atoms in total. The van der Waals surface area contributed by atoms with Crippen LogP contribution >= 0.6 is 0 Å². The monoisotopic (exact) mass is 107 g/mol. The van der Waals surface area contributed by atoms with Crippen molar-refractivity contribution in [2.24, 2.45) is 0 Å². The van der Waals surface area contributed by atoms with E-state index in [9.17, 15) is 0 Å². The molecule has 3 heteroatoms. The maximum Gasteiger partial charge on any atom is 0.293 e. The highest BCUT2D eigenvalue weighted by atomic mass is 15.1. The summed E-state index contributed by atoms with van der Waals surface area (Å²) in [6.45, 7) is 6.83. The van der Waals surface area contributed by atoms with Gasteiger partial charge in [0.05, 0.1) is 0 Å². The first-order valence-electron chi connectivity index (χ1n) is 2.22. The van der Waals surface area contributed by atoms with E-state index < -0.39 is 0 Å². The summed E-state index contributed by atoms with van der Waals surface area (Å²) >= 11 is 0. The molecule has 0 bridgehead atoms. The fourth-order valence-corrected chi connectivity index (χ4v) is 0.452. The van der Waals surface area contributed by atoms with Crippen LogP contribution in [-0.4, -0.2) is 9.55 Å². The molecular formula is C5H5N3. The topological polar surface area (TPSA) is 22.2 Å². The van der Waals surface area contributed by atoms with Crippen molar-refractivity contribution in [2.45, 2.75) is 6.67 Å². The summed E-state index contributed by atoms with van der Waals surface area (Å²) < 4.78 is 1.72. The Morgan fingerprint density at radius 1 is 1.75 bits per heavy atom. The van der Waals surface area contributed by atoms with Crippen molar-refractivity contribution in [1.82, 2.24) is 9.55 Å². The largest absolute Gasteiger partial charge is 0.293 e. The lowest BCUT2D eigenvalue weighted by molar-refractivity contribution is 0.816. The molecule has 1 rings (SSSR count). The van der Waals surface area contributed by atoms with Crippen LogP contribution < -0.4 is 0 Å². The Balaban J connectivity index is 2.67. The van der Waals surface area contributed by atoms with Crippen molar-refractivity contribution >= 4 is 0 Å². The van der Waals surface area contributed by atoms with Crippen molar-refractivity contribution in [1.29, 1.82) is 0 Å².